The zero-order chi connectivity index (χ0) is 17.9. The molecule has 0 saturated heterocycles. The summed E-state index contributed by atoms with van der Waals surface area (Å²) in [5.41, 5.74) is 2.56. The van der Waals surface area contributed by atoms with Crippen LogP contribution in [0.3, 0.4) is 0 Å². The lowest BCUT2D eigenvalue weighted by Crippen LogP contribution is -2.14. The molecule has 4 aromatic rings. The Balaban J connectivity index is 1.67. The van der Waals surface area contributed by atoms with E-state index in [4.69, 9.17) is 4.42 Å². The maximum Gasteiger partial charge on any atom is 0.259 e. The number of benzene rings is 3. The number of carbonyl (C=O) groups excluding carboxylic acids is 2. The first kappa shape index (κ1) is 15.8. The van der Waals surface area contributed by atoms with Crippen molar-refractivity contribution in [2.24, 2.45) is 0 Å². The zero-order valence-electron chi connectivity index (χ0n) is 13.8. The lowest BCUT2D eigenvalue weighted by Gasteiger charge is -2.10. The molecule has 0 radical (unpaired) electrons. The minimum absolute atomic E-state index is 0.140. The summed E-state index contributed by atoms with van der Waals surface area (Å²) in [7, 11) is 0. The number of hydrogen-bond donors (Lipinski definition) is 1. The van der Waals surface area contributed by atoms with E-state index < -0.39 is 0 Å². The van der Waals surface area contributed by atoms with Gasteiger partial charge in [-0.15, -0.1) is 0 Å². The fraction of sp³-hybridized carbons (Fsp3) is 0. The lowest BCUT2D eigenvalue weighted by atomic mass is 10.0. The van der Waals surface area contributed by atoms with E-state index in [9.17, 15) is 9.59 Å². The van der Waals surface area contributed by atoms with Crippen molar-refractivity contribution in [1.29, 1.82) is 0 Å². The van der Waals surface area contributed by atoms with Crippen LogP contribution in [0.5, 0.6) is 0 Å². The van der Waals surface area contributed by atoms with E-state index >= 15 is 0 Å². The van der Waals surface area contributed by atoms with Gasteiger partial charge in [0.15, 0.2) is 5.78 Å². The number of hydrogen-bond acceptors (Lipinski definition) is 3. The molecule has 126 valence electrons. The molecule has 4 nitrogen and oxygen atoms in total. The van der Waals surface area contributed by atoms with Crippen LogP contribution in [0.4, 0.5) is 5.69 Å². The second-order valence-electron chi connectivity index (χ2n) is 5.84. The molecule has 0 aliphatic rings. The van der Waals surface area contributed by atoms with Crippen LogP contribution in [0.15, 0.2) is 89.5 Å². The number of carbonyl (C=O) groups is 2. The van der Waals surface area contributed by atoms with Gasteiger partial charge < -0.3 is 9.73 Å². The van der Waals surface area contributed by atoms with E-state index in [1.807, 2.05) is 36.4 Å². The van der Waals surface area contributed by atoms with Crippen LogP contribution in [0.25, 0.3) is 11.0 Å². The van der Waals surface area contributed by atoms with Gasteiger partial charge in [-0.1, -0.05) is 60.7 Å². The fourth-order valence-corrected chi connectivity index (χ4v) is 2.88. The minimum atomic E-state index is -0.316. The molecule has 1 amide bonds. The van der Waals surface area contributed by atoms with Gasteiger partial charge in [0.25, 0.3) is 5.91 Å². The van der Waals surface area contributed by atoms with E-state index in [-0.39, 0.29) is 11.7 Å². The number of nitrogens with one attached hydrogen (secondary N) is 1. The Labute approximate surface area is 150 Å². The number of furan rings is 1. The topological polar surface area (TPSA) is 59.3 Å². The Hall–Kier alpha value is -3.66. The molecule has 0 bridgehead atoms. The lowest BCUT2D eigenvalue weighted by molar-refractivity contribution is 0.102. The van der Waals surface area contributed by atoms with E-state index in [2.05, 4.69) is 5.32 Å². The third-order valence-corrected chi connectivity index (χ3v) is 4.18. The normalized spacial score (nSPS) is 10.6. The maximum atomic E-state index is 12.8. The van der Waals surface area contributed by atoms with E-state index in [0.29, 0.717) is 28.0 Å². The highest BCUT2D eigenvalue weighted by Crippen LogP contribution is 2.24. The number of rotatable bonds is 4. The fourth-order valence-electron chi connectivity index (χ4n) is 2.88. The van der Waals surface area contributed by atoms with Gasteiger partial charge in [0.1, 0.15) is 11.8 Å². The summed E-state index contributed by atoms with van der Waals surface area (Å²) in [5.74, 6) is -0.457. The molecule has 0 atom stereocenters. The Kier molecular flexibility index (Phi) is 4.07. The summed E-state index contributed by atoms with van der Waals surface area (Å²) in [6, 6.07) is 23.3. The predicted octanol–water partition coefficient (Wildman–Crippen LogP) is 4.92. The number of para-hydroxylation sites is 2. The summed E-state index contributed by atoms with van der Waals surface area (Å²) in [6.07, 6.45) is 1.43. The molecule has 4 rings (SSSR count). The summed E-state index contributed by atoms with van der Waals surface area (Å²) in [4.78, 5) is 25.5. The van der Waals surface area contributed by atoms with Crippen molar-refractivity contribution in [3.8, 4) is 0 Å². The van der Waals surface area contributed by atoms with Gasteiger partial charge in [0, 0.05) is 16.5 Å². The van der Waals surface area contributed by atoms with Gasteiger partial charge in [-0.3, -0.25) is 9.59 Å². The average molecular weight is 341 g/mol. The number of anilines is 1. The van der Waals surface area contributed by atoms with E-state index in [1.54, 1.807) is 42.5 Å². The average Bonchev–Trinajstić information content (AvgIpc) is 3.13. The molecule has 0 saturated carbocycles. The second-order valence-corrected chi connectivity index (χ2v) is 5.84. The third kappa shape index (κ3) is 2.89. The van der Waals surface area contributed by atoms with Gasteiger partial charge in [0.05, 0.1) is 11.3 Å². The molecule has 0 spiro atoms. The van der Waals surface area contributed by atoms with E-state index in [1.165, 1.54) is 6.26 Å². The molecule has 0 fully saturated rings. The number of amides is 1. The van der Waals surface area contributed by atoms with Crippen molar-refractivity contribution >= 4 is 28.3 Å². The standard InChI is InChI=1S/C22H15NO3/c24-21(15-8-2-1-3-9-15)17-11-4-6-12-19(17)23-22(25)18-14-26-20-13-7-5-10-16(18)20/h1-14H,(H,23,25). The summed E-state index contributed by atoms with van der Waals surface area (Å²) in [5, 5.41) is 3.57. The molecule has 3 aromatic carbocycles. The van der Waals surface area contributed by atoms with E-state index in [0.717, 1.165) is 5.39 Å². The first-order valence-electron chi connectivity index (χ1n) is 8.20. The quantitative estimate of drug-likeness (QED) is 0.536. The predicted molar refractivity (Wildman–Crippen MR) is 100 cm³/mol. The first-order chi connectivity index (χ1) is 12.7. The molecular formula is C22H15NO3. The smallest absolute Gasteiger partial charge is 0.259 e. The Morgan fingerprint density at radius 3 is 2.27 bits per heavy atom. The van der Waals surface area contributed by atoms with Crippen molar-refractivity contribution in [3.63, 3.8) is 0 Å². The van der Waals surface area contributed by atoms with Crippen LogP contribution in [-0.2, 0) is 0 Å². The molecule has 0 aliphatic carbocycles. The number of fused-ring (bicyclic) bond motifs is 1. The molecule has 26 heavy (non-hydrogen) atoms. The summed E-state index contributed by atoms with van der Waals surface area (Å²) in [6.45, 7) is 0. The Morgan fingerprint density at radius 2 is 1.42 bits per heavy atom. The highest BCUT2D eigenvalue weighted by molar-refractivity contribution is 6.17. The van der Waals surface area contributed by atoms with Gasteiger partial charge in [-0.25, -0.2) is 0 Å². The first-order valence-corrected chi connectivity index (χ1v) is 8.20. The highest BCUT2D eigenvalue weighted by Gasteiger charge is 2.18. The molecule has 1 heterocycles. The monoisotopic (exact) mass is 341 g/mol. The van der Waals surface area contributed by atoms with Gasteiger partial charge in [-0.05, 0) is 18.2 Å². The van der Waals surface area contributed by atoms with Crippen molar-refractivity contribution in [3.05, 3.63) is 102 Å². The van der Waals surface area contributed by atoms with Crippen molar-refractivity contribution in [2.45, 2.75) is 0 Å². The van der Waals surface area contributed by atoms with Crippen molar-refractivity contribution in [1.82, 2.24) is 0 Å². The molecule has 1 N–H and O–H groups in total. The van der Waals surface area contributed by atoms with Gasteiger partial charge in [0.2, 0.25) is 0 Å². The SMILES string of the molecule is O=C(c1ccccc1)c1ccccc1NC(=O)c1coc2ccccc12. The Bertz CT molecular complexity index is 1100. The minimum Gasteiger partial charge on any atom is -0.463 e. The molecular weight excluding hydrogens is 326 g/mol. The van der Waals surface area contributed by atoms with Crippen molar-refractivity contribution in [2.75, 3.05) is 5.32 Å². The summed E-state index contributed by atoms with van der Waals surface area (Å²) >= 11 is 0. The molecule has 0 aliphatic heterocycles. The van der Waals surface area contributed by atoms with Crippen LogP contribution in [0.2, 0.25) is 0 Å². The molecule has 0 unspecified atom stereocenters. The zero-order valence-corrected chi connectivity index (χ0v) is 13.8. The van der Waals surface area contributed by atoms with Crippen LogP contribution in [0, 0.1) is 0 Å². The van der Waals surface area contributed by atoms with Crippen molar-refractivity contribution < 1.29 is 14.0 Å². The van der Waals surface area contributed by atoms with Gasteiger partial charge >= 0.3 is 0 Å². The Morgan fingerprint density at radius 1 is 0.731 bits per heavy atom. The number of ketones is 1. The van der Waals surface area contributed by atoms with Crippen LogP contribution >= 0.6 is 0 Å². The van der Waals surface area contributed by atoms with Crippen LogP contribution in [0.1, 0.15) is 26.3 Å². The van der Waals surface area contributed by atoms with Gasteiger partial charge in [-0.2, -0.15) is 0 Å². The summed E-state index contributed by atoms with van der Waals surface area (Å²) < 4.78 is 5.43. The third-order valence-electron chi connectivity index (χ3n) is 4.18. The second kappa shape index (κ2) is 6.69. The molecule has 1 aromatic heterocycles. The van der Waals surface area contributed by atoms with Crippen LogP contribution in [-0.4, -0.2) is 11.7 Å². The largest absolute Gasteiger partial charge is 0.463 e. The molecule has 4 heteroatoms. The maximum absolute atomic E-state index is 12.8. The highest BCUT2D eigenvalue weighted by atomic mass is 16.3. The van der Waals surface area contributed by atoms with Crippen LogP contribution < -0.4 is 5.32 Å².